The lowest BCUT2D eigenvalue weighted by Gasteiger charge is -2.32. The van der Waals surface area contributed by atoms with Gasteiger partial charge in [0.15, 0.2) is 0 Å². The summed E-state index contributed by atoms with van der Waals surface area (Å²) in [6.07, 6.45) is -2.91. The maximum Gasteiger partial charge on any atom is 0.527 e. The lowest BCUT2D eigenvalue weighted by Crippen LogP contribution is -2.62. The van der Waals surface area contributed by atoms with Crippen LogP contribution in [-0.2, 0) is 48.3 Å². The molecule has 0 bridgehead atoms. The second kappa shape index (κ2) is 17.7. The van der Waals surface area contributed by atoms with Gasteiger partial charge < -0.3 is 19.5 Å². The molecular weight excluding hydrogens is 774 g/mol. The largest absolute Gasteiger partial charge is 0.527 e. The van der Waals surface area contributed by atoms with Gasteiger partial charge in [-0.25, -0.2) is 4.79 Å². The van der Waals surface area contributed by atoms with Crippen molar-refractivity contribution in [2.24, 2.45) is 0 Å². The smallest absolute Gasteiger partial charge is 0.457 e. The first-order valence-corrected chi connectivity index (χ1v) is 18.7. The molecule has 1 aliphatic rings. The molecular formula is C36H34N5O15S+. The van der Waals surface area contributed by atoms with Crippen molar-refractivity contribution in [2.75, 3.05) is 24.7 Å². The van der Waals surface area contributed by atoms with Crippen molar-refractivity contribution in [1.29, 1.82) is 0 Å². The number of ether oxygens (including phenoxy) is 3. The van der Waals surface area contributed by atoms with E-state index < -0.39 is 79.4 Å². The summed E-state index contributed by atoms with van der Waals surface area (Å²) in [5.41, 5.74) is 1.07. The molecule has 0 spiro atoms. The van der Waals surface area contributed by atoms with Gasteiger partial charge in [-0.3, -0.25) is 34.5 Å². The number of hydrogen-bond donors (Lipinski definition) is 1. The predicted octanol–water partition coefficient (Wildman–Crippen LogP) is 5.79. The van der Waals surface area contributed by atoms with Gasteiger partial charge in [0.2, 0.25) is 0 Å². The molecule has 4 aromatic rings. The minimum Gasteiger partial charge on any atom is -0.457 e. The molecule has 0 radical (unpaired) electrons. The van der Waals surface area contributed by atoms with E-state index in [1.807, 2.05) is 0 Å². The first-order valence-electron chi connectivity index (χ1n) is 16.9. The first-order chi connectivity index (χ1) is 27.0. The van der Waals surface area contributed by atoms with Crippen LogP contribution in [0, 0.1) is 30.3 Å². The Bertz CT molecular complexity index is 2190. The van der Waals surface area contributed by atoms with Gasteiger partial charge in [-0.15, -0.1) is 4.48 Å². The van der Waals surface area contributed by atoms with Crippen molar-refractivity contribution >= 4 is 51.0 Å². The summed E-state index contributed by atoms with van der Waals surface area (Å²) >= 11 is 0. The number of benzene rings is 4. The van der Waals surface area contributed by atoms with Gasteiger partial charge in [0.25, 0.3) is 27.2 Å². The molecule has 0 unspecified atom stereocenters. The number of nitro benzene ring substituents is 3. The van der Waals surface area contributed by atoms with E-state index in [1.165, 1.54) is 91.0 Å². The lowest BCUT2D eigenvalue weighted by molar-refractivity contribution is -0.798. The highest BCUT2D eigenvalue weighted by atomic mass is 32.2. The fourth-order valence-electron chi connectivity index (χ4n) is 5.99. The van der Waals surface area contributed by atoms with E-state index in [9.17, 15) is 53.1 Å². The van der Waals surface area contributed by atoms with Gasteiger partial charge >= 0.3 is 18.2 Å². The van der Waals surface area contributed by atoms with E-state index in [2.05, 4.69) is 5.32 Å². The summed E-state index contributed by atoms with van der Waals surface area (Å²) in [5, 5.41) is 36.2. The standard InChI is InChI=1S/C36H34N5O15S/c1-57(51,52)56-33-18-32(19-37-28-4-2-3-27(17-28)34(42)53-21-24-5-11-29(12-6-24)38(45)46)41(20-33,35(43)54-22-25-7-13-30(14-8-25)39(47)48)36(44)55-23-26-9-15-31(16-10-26)40(49)50/h2-17,32-33,37H,18-23H2,1H3/q+1/t32-,33+/m0/s1. The molecule has 1 fully saturated rings. The number of esters is 1. The molecule has 57 heavy (non-hydrogen) atoms. The van der Waals surface area contributed by atoms with Crippen LogP contribution in [0.25, 0.3) is 0 Å². The van der Waals surface area contributed by atoms with Crippen molar-refractivity contribution in [2.45, 2.75) is 38.4 Å². The second-order valence-electron chi connectivity index (χ2n) is 12.8. The second-order valence-corrected chi connectivity index (χ2v) is 14.4. The number of nitro groups is 3. The van der Waals surface area contributed by atoms with Crippen LogP contribution in [0.15, 0.2) is 97.1 Å². The Labute approximate surface area is 323 Å². The number of carbonyl (C=O) groups excluding carboxylic acids is 3. The number of amides is 2. The van der Waals surface area contributed by atoms with Crippen molar-refractivity contribution in [3.05, 3.63) is 150 Å². The Hall–Kier alpha value is -6.84. The third-order valence-electron chi connectivity index (χ3n) is 8.79. The fraction of sp³-hybridized carbons (Fsp3) is 0.250. The molecule has 1 heterocycles. The summed E-state index contributed by atoms with van der Waals surface area (Å²) in [6.45, 7) is -1.80. The average Bonchev–Trinajstić information content (AvgIpc) is 3.55. The maximum absolute atomic E-state index is 14.1. The number of likely N-dealkylation sites (tertiary alicyclic amines) is 1. The topological polar surface area (TPSA) is 264 Å². The number of anilines is 1. The summed E-state index contributed by atoms with van der Waals surface area (Å²) in [6, 6.07) is 20.6. The van der Waals surface area contributed by atoms with Gasteiger partial charge in [-0.1, -0.05) is 6.07 Å². The van der Waals surface area contributed by atoms with Crippen LogP contribution in [0.3, 0.4) is 0 Å². The van der Waals surface area contributed by atoms with Crippen LogP contribution >= 0.6 is 0 Å². The Kier molecular flexibility index (Phi) is 12.9. The quantitative estimate of drug-likeness (QED) is 0.0372. The number of quaternary nitrogens is 1. The van der Waals surface area contributed by atoms with Crippen molar-refractivity contribution in [1.82, 2.24) is 0 Å². The number of rotatable bonds is 15. The van der Waals surface area contributed by atoms with Crippen LogP contribution in [0.4, 0.5) is 32.3 Å². The van der Waals surface area contributed by atoms with E-state index in [1.54, 1.807) is 6.07 Å². The van der Waals surface area contributed by atoms with Gasteiger partial charge in [0, 0.05) is 48.5 Å². The lowest BCUT2D eigenvalue weighted by atomic mass is 10.1. The molecule has 0 aromatic heterocycles. The highest BCUT2D eigenvalue weighted by Crippen LogP contribution is 2.34. The monoisotopic (exact) mass is 808 g/mol. The van der Waals surface area contributed by atoms with Gasteiger partial charge in [-0.2, -0.15) is 18.0 Å². The SMILES string of the molecule is CS(=O)(=O)O[C@@H]1C[C@@H](CNc2cccc(C(=O)OCc3ccc([N+](=O)[O-])cc3)c2)[N+](C(=O)OCc2ccc([N+](=O)[O-])cc2)(C(=O)OCc2ccc([N+](=O)[O-])cc2)C1. The highest BCUT2D eigenvalue weighted by molar-refractivity contribution is 7.86. The Balaban J connectivity index is 1.38. The molecule has 0 saturated carbocycles. The molecule has 5 rings (SSSR count). The summed E-state index contributed by atoms with van der Waals surface area (Å²) in [7, 11) is -4.11. The first kappa shape index (κ1) is 41.3. The molecule has 1 saturated heterocycles. The Morgan fingerprint density at radius 3 is 1.56 bits per heavy atom. The molecule has 2 amide bonds. The van der Waals surface area contributed by atoms with Crippen molar-refractivity contribution in [3.8, 4) is 0 Å². The third kappa shape index (κ3) is 10.7. The summed E-state index contributed by atoms with van der Waals surface area (Å²) in [4.78, 5) is 72.6. The van der Waals surface area contributed by atoms with Crippen LogP contribution in [0.5, 0.6) is 0 Å². The molecule has 4 aromatic carbocycles. The normalized spacial score (nSPS) is 15.9. The average molecular weight is 809 g/mol. The van der Waals surface area contributed by atoms with Crippen molar-refractivity contribution < 1.29 is 60.4 Å². The summed E-state index contributed by atoms with van der Waals surface area (Å²) in [5.74, 6) is -0.728. The highest BCUT2D eigenvalue weighted by Gasteiger charge is 2.62. The maximum atomic E-state index is 14.1. The zero-order valence-electron chi connectivity index (χ0n) is 30.0. The molecule has 2 atom stereocenters. The number of non-ortho nitro benzene ring substituents is 3. The van der Waals surface area contributed by atoms with Crippen LogP contribution < -0.4 is 5.32 Å². The molecule has 0 aliphatic carbocycles. The fourth-order valence-corrected chi connectivity index (χ4v) is 6.63. The number of carbonyl (C=O) groups is 3. The Morgan fingerprint density at radius 1 is 0.702 bits per heavy atom. The number of nitrogens with zero attached hydrogens (tertiary/aromatic N) is 4. The van der Waals surface area contributed by atoms with E-state index in [0.717, 1.165) is 6.26 Å². The minimum atomic E-state index is -4.11. The minimum absolute atomic E-state index is 0.109. The zero-order chi connectivity index (χ0) is 41.3. The molecule has 298 valence electrons. The van der Waals surface area contributed by atoms with Gasteiger partial charge in [0.05, 0.1) is 33.1 Å². The molecule has 20 nitrogen and oxygen atoms in total. The van der Waals surface area contributed by atoms with E-state index in [-0.39, 0.29) is 42.2 Å². The van der Waals surface area contributed by atoms with Crippen LogP contribution in [-0.4, -0.2) is 77.3 Å². The van der Waals surface area contributed by atoms with E-state index >= 15 is 0 Å². The third-order valence-corrected chi connectivity index (χ3v) is 9.41. The van der Waals surface area contributed by atoms with Crippen LogP contribution in [0.2, 0.25) is 0 Å². The Morgan fingerprint density at radius 2 is 1.14 bits per heavy atom. The summed E-state index contributed by atoms with van der Waals surface area (Å²) < 4.78 is 45.0. The van der Waals surface area contributed by atoms with E-state index in [4.69, 9.17) is 18.4 Å². The van der Waals surface area contributed by atoms with Crippen LogP contribution in [0.1, 0.15) is 33.5 Å². The molecule has 1 aliphatic heterocycles. The van der Waals surface area contributed by atoms with Crippen molar-refractivity contribution in [3.63, 3.8) is 0 Å². The van der Waals surface area contributed by atoms with Gasteiger partial charge in [-0.05, 0) is 71.3 Å². The number of imide groups is 1. The van der Waals surface area contributed by atoms with E-state index in [0.29, 0.717) is 22.4 Å². The zero-order valence-corrected chi connectivity index (χ0v) is 30.8. The molecule has 1 N–H and O–H groups in total. The predicted molar refractivity (Wildman–Crippen MR) is 197 cm³/mol. The number of hydrogen-bond acceptors (Lipinski definition) is 16. The van der Waals surface area contributed by atoms with Gasteiger partial charge in [0.1, 0.15) is 38.5 Å². The number of nitrogens with one attached hydrogen (secondary N) is 1. The molecule has 21 heteroatoms.